The van der Waals surface area contributed by atoms with Crippen molar-refractivity contribution in [1.82, 2.24) is 9.13 Å². The minimum absolute atomic E-state index is 0.863. The van der Waals surface area contributed by atoms with Crippen molar-refractivity contribution in [2.24, 2.45) is 0 Å². The standard InChI is InChI=1S/C60H38N2O2Si/c1-6-26-50-44(20-1)45-21-2-7-27-51(45)61(50)41-18-13-16-39(36-41)40-17-14-19-43(37-40)65(59-33-15-25-49-48-24-5-10-30-54(48)64-60(49)59)57-32-12-11-31-55(57)63-56-38-42(34-35-58(56)65)62-52-28-8-3-22-46(52)47-23-4-9-29-53(47)62/h1-38H. The highest BCUT2D eigenvalue weighted by atomic mass is 28.3. The van der Waals surface area contributed by atoms with Gasteiger partial charge >= 0.3 is 0 Å². The molecule has 5 heteroatoms. The molecule has 0 saturated heterocycles. The van der Waals surface area contributed by atoms with Crippen molar-refractivity contribution in [2.75, 3.05) is 0 Å². The summed E-state index contributed by atoms with van der Waals surface area (Å²) in [5.41, 5.74) is 11.0. The van der Waals surface area contributed by atoms with Gasteiger partial charge in [0, 0.05) is 49.8 Å². The Bertz CT molecular complexity index is 3970. The maximum Gasteiger partial charge on any atom is 0.192 e. The molecule has 14 rings (SSSR count). The number of nitrogens with zero attached hydrogens (tertiary/aromatic N) is 2. The van der Waals surface area contributed by atoms with Gasteiger partial charge in [-0.1, -0.05) is 170 Å². The molecule has 0 aliphatic carbocycles. The van der Waals surface area contributed by atoms with E-state index in [1.54, 1.807) is 0 Å². The zero-order valence-electron chi connectivity index (χ0n) is 35.2. The van der Waals surface area contributed by atoms with E-state index in [1.807, 2.05) is 0 Å². The van der Waals surface area contributed by atoms with Gasteiger partial charge in [-0.2, -0.15) is 0 Å². The summed E-state index contributed by atoms with van der Waals surface area (Å²) < 4.78 is 18.9. The fourth-order valence-electron chi connectivity index (χ4n) is 11.1. The van der Waals surface area contributed by atoms with E-state index in [4.69, 9.17) is 9.15 Å². The molecule has 65 heavy (non-hydrogen) atoms. The van der Waals surface area contributed by atoms with Gasteiger partial charge in [0.25, 0.3) is 0 Å². The smallest absolute Gasteiger partial charge is 0.192 e. The Labute approximate surface area is 375 Å². The molecule has 0 amide bonds. The first-order valence-electron chi connectivity index (χ1n) is 22.2. The van der Waals surface area contributed by atoms with Gasteiger partial charge in [0.1, 0.15) is 22.7 Å². The van der Waals surface area contributed by atoms with E-state index in [9.17, 15) is 0 Å². The number of para-hydroxylation sites is 7. The molecule has 0 bridgehead atoms. The fraction of sp³-hybridized carbons (Fsp3) is 0. The number of aromatic nitrogens is 2. The third-order valence-electron chi connectivity index (χ3n) is 13.8. The van der Waals surface area contributed by atoms with Gasteiger partial charge < -0.3 is 18.3 Å². The second-order valence-corrected chi connectivity index (χ2v) is 20.9. The van der Waals surface area contributed by atoms with Crippen LogP contribution in [0.15, 0.2) is 235 Å². The normalized spacial score (nSPS) is 14.6. The Hall–Kier alpha value is -8.38. The zero-order chi connectivity index (χ0) is 42.6. The molecular formula is C60H38N2O2Si. The van der Waals surface area contributed by atoms with Crippen LogP contribution >= 0.6 is 0 Å². The van der Waals surface area contributed by atoms with Crippen LogP contribution in [-0.2, 0) is 0 Å². The lowest BCUT2D eigenvalue weighted by Gasteiger charge is -2.39. The molecule has 1 aliphatic heterocycles. The SMILES string of the molecule is c1cc(-c2cccc([Si]3(c4cccc5c4oc4ccccc45)c4ccccc4Oc4cc(-n5c6ccccc6c6ccccc65)ccc43)c2)cc(-n2c3ccccc3c3ccccc32)c1. The van der Waals surface area contributed by atoms with Crippen LogP contribution in [0.1, 0.15) is 0 Å². The highest BCUT2D eigenvalue weighted by Crippen LogP contribution is 2.38. The number of ether oxygens (including phenoxy) is 1. The summed E-state index contributed by atoms with van der Waals surface area (Å²) in [6.07, 6.45) is 0. The summed E-state index contributed by atoms with van der Waals surface area (Å²) in [5.74, 6) is 1.74. The van der Waals surface area contributed by atoms with Crippen LogP contribution < -0.4 is 25.5 Å². The number of hydrogen-bond donors (Lipinski definition) is 0. The molecule has 1 aliphatic rings. The van der Waals surface area contributed by atoms with E-state index >= 15 is 0 Å². The molecule has 1 atom stereocenters. The van der Waals surface area contributed by atoms with Crippen LogP contribution in [0.25, 0.3) is 88.1 Å². The third-order valence-corrected chi connectivity index (χ3v) is 18.7. The van der Waals surface area contributed by atoms with Gasteiger partial charge in [-0.3, -0.25) is 0 Å². The topological polar surface area (TPSA) is 32.2 Å². The van der Waals surface area contributed by atoms with Crippen molar-refractivity contribution in [3.8, 4) is 34.0 Å². The van der Waals surface area contributed by atoms with E-state index in [-0.39, 0.29) is 0 Å². The predicted molar refractivity (Wildman–Crippen MR) is 272 cm³/mol. The third kappa shape index (κ3) is 5.13. The monoisotopic (exact) mass is 846 g/mol. The summed E-state index contributed by atoms with van der Waals surface area (Å²) in [6.45, 7) is 0. The maximum atomic E-state index is 7.14. The first-order chi connectivity index (χ1) is 32.2. The first kappa shape index (κ1) is 36.1. The number of rotatable bonds is 5. The average molecular weight is 847 g/mol. The molecule has 10 aromatic carbocycles. The molecular weight excluding hydrogens is 809 g/mol. The van der Waals surface area contributed by atoms with Crippen molar-refractivity contribution >= 4 is 94.4 Å². The van der Waals surface area contributed by atoms with Crippen molar-refractivity contribution in [3.05, 3.63) is 231 Å². The molecule has 0 fully saturated rings. The minimum atomic E-state index is -3.26. The Morgan fingerprint density at radius 3 is 1.49 bits per heavy atom. The largest absolute Gasteiger partial charge is 0.457 e. The molecule has 0 N–H and O–H groups in total. The molecule has 304 valence electrons. The number of furan rings is 1. The van der Waals surface area contributed by atoms with Gasteiger partial charge in [0.15, 0.2) is 8.07 Å². The second kappa shape index (κ2) is 13.8. The summed E-state index contributed by atoms with van der Waals surface area (Å²) in [7, 11) is -3.26. The van der Waals surface area contributed by atoms with Crippen LogP contribution in [0, 0.1) is 0 Å². The van der Waals surface area contributed by atoms with Gasteiger partial charge in [-0.25, -0.2) is 0 Å². The molecule has 4 nitrogen and oxygen atoms in total. The Morgan fingerprint density at radius 2 is 0.815 bits per heavy atom. The lowest BCUT2D eigenvalue weighted by molar-refractivity contribution is 0.487. The Kier molecular flexibility index (Phi) is 7.68. The van der Waals surface area contributed by atoms with Gasteiger partial charge in [-0.05, 0) is 86.5 Å². The van der Waals surface area contributed by atoms with E-state index in [0.717, 1.165) is 67.0 Å². The van der Waals surface area contributed by atoms with Gasteiger partial charge in [0.2, 0.25) is 0 Å². The van der Waals surface area contributed by atoms with E-state index in [2.05, 4.69) is 240 Å². The molecule has 1 unspecified atom stereocenters. The zero-order valence-corrected chi connectivity index (χ0v) is 36.2. The van der Waals surface area contributed by atoms with Crippen molar-refractivity contribution in [1.29, 1.82) is 0 Å². The van der Waals surface area contributed by atoms with Crippen LogP contribution in [0.3, 0.4) is 0 Å². The van der Waals surface area contributed by atoms with E-state index in [1.165, 1.54) is 53.3 Å². The summed E-state index contributed by atoms with van der Waals surface area (Å²) in [5, 5.41) is 12.0. The molecule has 0 saturated carbocycles. The predicted octanol–water partition coefficient (Wildman–Crippen LogP) is 12.9. The van der Waals surface area contributed by atoms with Crippen LogP contribution in [0.4, 0.5) is 0 Å². The molecule has 4 heterocycles. The van der Waals surface area contributed by atoms with Crippen molar-refractivity contribution < 1.29 is 9.15 Å². The van der Waals surface area contributed by atoms with Crippen molar-refractivity contribution in [3.63, 3.8) is 0 Å². The molecule has 13 aromatic rings. The van der Waals surface area contributed by atoms with E-state index in [0.29, 0.717) is 0 Å². The van der Waals surface area contributed by atoms with Gasteiger partial charge in [-0.15, -0.1) is 0 Å². The highest BCUT2D eigenvalue weighted by molar-refractivity contribution is 7.21. The van der Waals surface area contributed by atoms with Crippen LogP contribution in [-0.4, -0.2) is 17.2 Å². The number of benzene rings is 10. The highest BCUT2D eigenvalue weighted by Gasteiger charge is 2.50. The summed E-state index contributed by atoms with van der Waals surface area (Å²) in [4.78, 5) is 0. The fourth-order valence-corrected chi connectivity index (χ4v) is 16.2. The number of hydrogen-bond acceptors (Lipinski definition) is 2. The van der Waals surface area contributed by atoms with Gasteiger partial charge in [0.05, 0.1) is 22.1 Å². The lowest BCUT2D eigenvalue weighted by Crippen LogP contribution is -2.76. The Balaban J connectivity index is 1.04. The molecule has 3 aromatic heterocycles. The average Bonchev–Trinajstić information content (AvgIpc) is 4.04. The quantitative estimate of drug-likeness (QED) is 0.162. The summed E-state index contributed by atoms with van der Waals surface area (Å²) >= 11 is 0. The Morgan fingerprint density at radius 1 is 0.323 bits per heavy atom. The molecule has 0 radical (unpaired) electrons. The van der Waals surface area contributed by atoms with E-state index < -0.39 is 8.07 Å². The maximum absolute atomic E-state index is 7.14. The van der Waals surface area contributed by atoms with Crippen LogP contribution in [0.5, 0.6) is 11.5 Å². The number of fused-ring (bicyclic) bond motifs is 11. The first-order valence-corrected chi connectivity index (χ1v) is 24.2. The molecule has 0 spiro atoms. The van der Waals surface area contributed by atoms with Crippen molar-refractivity contribution in [2.45, 2.75) is 0 Å². The minimum Gasteiger partial charge on any atom is -0.457 e. The second-order valence-electron chi connectivity index (χ2n) is 17.2. The lowest BCUT2D eigenvalue weighted by atomic mass is 10.1. The summed E-state index contributed by atoms with van der Waals surface area (Å²) in [6, 6.07) is 83.9. The van der Waals surface area contributed by atoms with Crippen LogP contribution in [0.2, 0.25) is 0 Å².